The van der Waals surface area contributed by atoms with Crippen LogP contribution in [0.2, 0.25) is 0 Å². The average Bonchev–Trinajstić information content (AvgIpc) is 3.03. The highest BCUT2D eigenvalue weighted by Crippen LogP contribution is 2.49. The van der Waals surface area contributed by atoms with Gasteiger partial charge in [0, 0.05) is 12.3 Å². The van der Waals surface area contributed by atoms with E-state index in [1.807, 2.05) is 24.3 Å². The predicted octanol–water partition coefficient (Wildman–Crippen LogP) is 2.68. The van der Waals surface area contributed by atoms with Gasteiger partial charge in [0.15, 0.2) is 0 Å². The minimum atomic E-state index is -1.83. The summed E-state index contributed by atoms with van der Waals surface area (Å²) >= 11 is 0. The number of nitrogens with one attached hydrogen (secondary N) is 1. The van der Waals surface area contributed by atoms with E-state index in [9.17, 15) is 9.59 Å². The van der Waals surface area contributed by atoms with Gasteiger partial charge in [0.2, 0.25) is 11.8 Å². The smallest absolute Gasteiger partial charge is 0.450 e. The molecule has 2 aliphatic rings. The zero-order valence-corrected chi connectivity index (χ0v) is 12.6. The van der Waals surface area contributed by atoms with E-state index in [-0.39, 0.29) is 30.1 Å². The van der Waals surface area contributed by atoms with E-state index in [0.29, 0.717) is 0 Å². The van der Waals surface area contributed by atoms with Crippen LogP contribution < -0.4 is 5.32 Å². The van der Waals surface area contributed by atoms with Crippen LogP contribution in [0, 0.1) is 5.92 Å². The highest BCUT2D eigenvalue weighted by Gasteiger charge is 2.42. The quantitative estimate of drug-likeness (QED) is 0.699. The molecule has 1 aliphatic heterocycles. The third kappa shape index (κ3) is 2.74. The van der Waals surface area contributed by atoms with Gasteiger partial charge in [0.05, 0.1) is 5.92 Å². The van der Waals surface area contributed by atoms with Crippen molar-refractivity contribution in [3.8, 4) is 11.1 Å². The molecule has 4 rings (SSSR count). The summed E-state index contributed by atoms with van der Waals surface area (Å²) in [7, 11) is 0. The third-order valence-corrected chi connectivity index (χ3v) is 4.29. The lowest BCUT2D eigenvalue weighted by atomic mass is 9.83. The molecule has 2 aromatic rings. The zero-order chi connectivity index (χ0) is 17.3. The van der Waals surface area contributed by atoms with Gasteiger partial charge < -0.3 is 10.2 Å². The fourth-order valence-corrected chi connectivity index (χ4v) is 3.47. The zero-order valence-electron chi connectivity index (χ0n) is 12.6. The van der Waals surface area contributed by atoms with E-state index < -0.39 is 6.16 Å². The van der Waals surface area contributed by atoms with Crippen LogP contribution in [0.5, 0.6) is 0 Å². The second kappa shape index (κ2) is 6.16. The second-order valence-electron chi connectivity index (χ2n) is 5.66. The predicted molar refractivity (Wildman–Crippen MR) is 85.6 cm³/mol. The fraction of sp³-hybridized carbons (Fsp3) is 0.167. The number of carboxylic acid groups (broad SMARTS) is 2. The molecule has 1 aliphatic carbocycles. The van der Waals surface area contributed by atoms with Crippen LogP contribution in [-0.2, 0) is 9.59 Å². The van der Waals surface area contributed by atoms with E-state index >= 15 is 0 Å². The van der Waals surface area contributed by atoms with Gasteiger partial charge in [0.25, 0.3) is 0 Å². The molecular formula is C18H15NO5. The Labute approximate surface area is 137 Å². The first-order chi connectivity index (χ1) is 11.5. The number of rotatable bonds is 1. The van der Waals surface area contributed by atoms with E-state index in [1.165, 1.54) is 11.1 Å². The van der Waals surface area contributed by atoms with Gasteiger partial charge in [-0.15, -0.1) is 0 Å². The summed E-state index contributed by atoms with van der Waals surface area (Å²) in [5.41, 5.74) is 4.67. The van der Waals surface area contributed by atoms with Gasteiger partial charge in [-0.2, -0.15) is 0 Å². The number of amides is 2. The summed E-state index contributed by atoms with van der Waals surface area (Å²) in [4.78, 5) is 32.1. The van der Waals surface area contributed by atoms with Crippen molar-refractivity contribution in [3.63, 3.8) is 0 Å². The van der Waals surface area contributed by atoms with Crippen molar-refractivity contribution in [1.29, 1.82) is 0 Å². The van der Waals surface area contributed by atoms with Crippen LogP contribution in [0.3, 0.4) is 0 Å². The standard InChI is InChI=1S/C17H13NO2.CH2O3/c19-15-9-14(17(20)18-15)16-12-7-3-1-5-10(12)11-6-2-4-8-13(11)16;2-1(3)4/h1-8,14,16H,9H2,(H,18,19,20);(H2,2,3,4). The Morgan fingerprint density at radius 1 is 0.917 bits per heavy atom. The Kier molecular flexibility index (Phi) is 4.04. The summed E-state index contributed by atoms with van der Waals surface area (Å²) < 4.78 is 0. The molecule has 1 fully saturated rings. The van der Waals surface area contributed by atoms with E-state index in [1.54, 1.807) is 0 Å². The van der Waals surface area contributed by atoms with Crippen molar-refractivity contribution >= 4 is 18.0 Å². The van der Waals surface area contributed by atoms with Crippen LogP contribution in [-0.4, -0.2) is 28.2 Å². The molecule has 1 saturated heterocycles. The molecule has 0 saturated carbocycles. The lowest BCUT2D eigenvalue weighted by molar-refractivity contribution is -0.125. The Bertz CT molecular complexity index is 780. The van der Waals surface area contributed by atoms with Crippen LogP contribution in [0.4, 0.5) is 4.79 Å². The fourth-order valence-electron chi connectivity index (χ4n) is 3.47. The first-order valence-electron chi connectivity index (χ1n) is 7.43. The van der Waals surface area contributed by atoms with Gasteiger partial charge in [-0.3, -0.25) is 14.9 Å². The molecule has 0 bridgehead atoms. The topological polar surface area (TPSA) is 104 Å². The Balaban J connectivity index is 0.000000383. The maximum atomic E-state index is 12.1. The van der Waals surface area contributed by atoms with Crippen molar-refractivity contribution in [2.75, 3.05) is 0 Å². The summed E-state index contributed by atoms with van der Waals surface area (Å²) in [6, 6.07) is 16.3. The minimum absolute atomic E-state index is 0.00569. The first-order valence-corrected chi connectivity index (χ1v) is 7.43. The van der Waals surface area contributed by atoms with E-state index in [0.717, 1.165) is 11.1 Å². The molecule has 122 valence electrons. The van der Waals surface area contributed by atoms with Gasteiger partial charge >= 0.3 is 6.16 Å². The van der Waals surface area contributed by atoms with Gasteiger partial charge in [0.1, 0.15) is 0 Å². The molecule has 6 nitrogen and oxygen atoms in total. The highest BCUT2D eigenvalue weighted by atomic mass is 16.6. The lowest BCUT2D eigenvalue weighted by Crippen LogP contribution is -2.25. The largest absolute Gasteiger partial charge is 0.503 e. The number of fused-ring (bicyclic) bond motifs is 3. The van der Waals surface area contributed by atoms with Gasteiger partial charge in [-0.05, 0) is 22.3 Å². The summed E-state index contributed by atoms with van der Waals surface area (Å²) in [5.74, 6) is -0.602. The van der Waals surface area contributed by atoms with Crippen molar-refractivity contribution in [1.82, 2.24) is 5.32 Å². The SMILES string of the molecule is O=C(O)O.O=C1CC(C2c3ccccc3-c3ccccc32)C(=O)N1. The highest BCUT2D eigenvalue weighted by molar-refractivity contribution is 6.04. The number of hydrogen-bond acceptors (Lipinski definition) is 3. The molecule has 0 radical (unpaired) electrons. The summed E-state index contributed by atoms with van der Waals surface area (Å²) in [5, 5.41) is 16.4. The van der Waals surface area contributed by atoms with Crippen LogP contribution in [0.1, 0.15) is 23.5 Å². The average molecular weight is 325 g/mol. The van der Waals surface area contributed by atoms with Crippen molar-refractivity contribution < 1.29 is 24.6 Å². The molecule has 2 aromatic carbocycles. The molecule has 24 heavy (non-hydrogen) atoms. The number of carbonyl (C=O) groups is 3. The molecule has 3 N–H and O–H groups in total. The number of carbonyl (C=O) groups excluding carboxylic acids is 2. The molecule has 1 atom stereocenters. The maximum Gasteiger partial charge on any atom is 0.503 e. The molecule has 2 amide bonds. The lowest BCUT2D eigenvalue weighted by Gasteiger charge is -2.18. The second-order valence-corrected chi connectivity index (χ2v) is 5.66. The summed E-state index contributed by atoms with van der Waals surface area (Å²) in [6.45, 7) is 0. The first kappa shape index (κ1) is 15.7. The molecule has 0 aromatic heterocycles. The van der Waals surface area contributed by atoms with Crippen LogP contribution in [0.15, 0.2) is 48.5 Å². The molecular weight excluding hydrogens is 310 g/mol. The Morgan fingerprint density at radius 3 is 1.79 bits per heavy atom. The van der Waals surface area contributed by atoms with Crippen molar-refractivity contribution in [3.05, 3.63) is 59.7 Å². The Hall–Kier alpha value is -3.15. The van der Waals surface area contributed by atoms with Crippen molar-refractivity contribution in [2.45, 2.75) is 12.3 Å². The molecule has 6 heteroatoms. The van der Waals surface area contributed by atoms with Gasteiger partial charge in [-0.1, -0.05) is 48.5 Å². The maximum absolute atomic E-state index is 12.1. The summed E-state index contributed by atoms with van der Waals surface area (Å²) in [6.07, 6.45) is -1.55. The normalized spacial score (nSPS) is 18.2. The van der Waals surface area contributed by atoms with E-state index in [2.05, 4.69) is 29.6 Å². The monoisotopic (exact) mass is 325 g/mol. The minimum Gasteiger partial charge on any atom is -0.450 e. The van der Waals surface area contributed by atoms with E-state index in [4.69, 9.17) is 15.0 Å². The number of imide groups is 1. The van der Waals surface area contributed by atoms with Crippen LogP contribution >= 0.6 is 0 Å². The molecule has 1 unspecified atom stereocenters. The molecule has 1 heterocycles. The Morgan fingerprint density at radius 2 is 1.38 bits per heavy atom. The van der Waals surface area contributed by atoms with Crippen molar-refractivity contribution in [2.24, 2.45) is 5.92 Å². The van der Waals surface area contributed by atoms with Crippen LogP contribution in [0.25, 0.3) is 11.1 Å². The number of hydrogen-bond donors (Lipinski definition) is 3. The third-order valence-electron chi connectivity index (χ3n) is 4.29. The van der Waals surface area contributed by atoms with Gasteiger partial charge in [-0.25, -0.2) is 4.79 Å². The number of benzene rings is 2. The molecule has 0 spiro atoms.